The number of carbonyl (C=O) groups is 3. The summed E-state index contributed by atoms with van der Waals surface area (Å²) in [4.78, 5) is 36.7. The molecule has 1 aromatic carbocycles. The summed E-state index contributed by atoms with van der Waals surface area (Å²) < 4.78 is 19.0. The first-order valence-corrected chi connectivity index (χ1v) is 9.68. The van der Waals surface area contributed by atoms with Crippen molar-refractivity contribution < 1.29 is 23.2 Å². The lowest BCUT2D eigenvalue weighted by Crippen LogP contribution is -2.41. The normalized spacial score (nSPS) is 15.4. The predicted octanol–water partition coefficient (Wildman–Crippen LogP) is 3.69. The summed E-state index contributed by atoms with van der Waals surface area (Å²) in [5.74, 6) is -1.81. The number of anilines is 2. The lowest BCUT2D eigenvalue weighted by molar-refractivity contribution is -0.120. The Bertz CT molecular complexity index is 876. The Morgan fingerprint density at radius 2 is 1.86 bits per heavy atom. The Morgan fingerprint density at radius 1 is 1.10 bits per heavy atom. The highest BCUT2D eigenvalue weighted by Crippen LogP contribution is 2.26. The number of carbonyl (C=O) groups excluding carboxylic acids is 3. The van der Waals surface area contributed by atoms with E-state index in [1.807, 2.05) is 0 Å². The number of furan rings is 1. The summed E-state index contributed by atoms with van der Waals surface area (Å²) in [7, 11) is 0. The first kappa shape index (κ1) is 20.6. The van der Waals surface area contributed by atoms with E-state index in [1.165, 1.54) is 43.7 Å². The van der Waals surface area contributed by atoms with Crippen LogP contribution in [0.4, 0.5) is 15.8 Å². The van der Waals surface area contributed by atoms with Gasteiger partial charge >= 0.3 is 0 Å². The van der Waals surface area contributed by atoms with E-state index in [-0.39, 0.29) is 17.5 Å². The quantitative estimate of drug-likeness (QED) is 0.687. The molecule has 0 bridgehead atoms. The largest absolute Gasteiger partial charge is 0.472 e. The second-order valence-corrected chi connectivity index (χ2v) is 7.22. The lowest BCUT2D eigenvalue weighted by atomic mass is 9.88. The molecular weight excluding hydrogens is 377 g/mol. The van der Waals surface area contributed by atoms with E-state index in [2.05, 4.69) is 16.0 Å². The summed E-state index contributed by atoms with van der Waals surface area (Å²) in [6.07, 6.45) is 7.37. The predicted molar refractivity (Wildman–Crippen MR) is 106 cm³/mol. The van der Waals surface area contributed by atoms with Gasteiger partial charge in [-0.15, -0.1) is 0 Å². The van der Waals surface area contributed by atoms with Gasteiger partial charge in [0.2, 0.25) is 11.8 Å². The third-order valence-corrected chi connectivity index (χ3v) is 4.99. The summed E-state index contributed by atoms with van der Waals surface area (Å²) in [6.45, 7) is 1.53. The molecule has 3 N–H and O–H groups in total. The molecule has 1 heterocycles. The number of benzene rings is 1. The number of rotatable bonds is 6. The highest BCUT2D eigenvalue weighted by Gasteiger charge is 2.22. The van der Waals surface area contributed by atoms with Gasteiger partial charge in [-0.05, 0) is 44.0 Å². The minimum atomic E-state index is -0.831. The monoisotopic (exact) mass is 401 g/mol. The van der Waals surface area contributed by atoms with Crippen LogP contribution in [0.5, 0.6) is 0 Å². The zero-order valence-electron chi connectivity index (χ0n) is 16.2. The Balaban J connectivity index is 1.60. The molecule has 7 nitrogen and oxygen atoms in total. The molecule has 2 aromatic rings. The van der Waals surface area contributed by atoms with Crippen LogP contribution >= 0.6 is 0 Å². The van der Waals surface area contributed by atoms with Crippen molar-refractivity contribution in [2.24, 2.45) is 5.92 Å². The van der Waals surface area contributed by atoms with Gasteiger partial charge in [-0.1, -0.05) is 19.3 Å². The van der Waals surface area contributed by atoms with Gasteiger partial charge < -0.3 is 20.4 Å². The van der Waals surface area contributed by atoms with Gasteiger partial charge in [0.25, 0.3) is 5.91 Å². The van der Waals surface area contributed by atoms with Gasteiger partial charge in [0.15, 0.2) is 0 Å². The Kier molecular flexibility index (Phi) is 6.64. The molecule has 1 unspecified atom stereocenters. The first-order valence-electron chi connectivity index (χ1n) is 9.68. The summed E-state index contributed by atoms with van der Waals surface area (Å²) in [5.41, 5.74) is 0.646. The van der Waals surface area contributed by atoms with Crippen molar-refractivity contribution in [2.45, 2.75) is 45.1 Å². The maximum atomic E-state index is 14.1. The van der Waals surface area contributed by atoms with Crippen LogP contribution in [0.1, 0.15) is 49.4 Å². The summed E-state index contributed by atoms with van der Waals surface area (Å²) >= 11 is 0. The molecule has 3 rings (SSSR count). The molecule has 0 radical (unpaired) electrons. The maximum absolute atomic E-state index is 14.1. The fourth-order valence-electron chi connectivity index (χ4n) is 3.29. The van der Waals surface area contributed by atoms with Crippen LogP contribution in [-0.4, -0.2) is 23.8 Å². The Morgan fingerprint density at radius 3 is 2.55 bits per heavy atom. The smallest absolute Gasteiger partial charge is 0.255 e. The molecule has 1 saturated carbocycles. The highest BCUT2D eigenvalue weighted by molar-refractivity contribution is 6.01. The summed E-state index contributed by atoms with van der Waals surface area (Å²) in [6, 6.07) is 4.61. The second-order valence-electron chi connectivity index (χ2n) is 7.22. The minimum Gasteiger partial charge on any atom is -0.472 e. The van der Waals surface area contributed by atoms with Crippen molar-refractivity contribution in [1.82, 2.24) is 5.32 Å². The molecule has 3 amide bonds. The highest BCUT2D eigenvalue weighted by atomic mass is 19.1. The van der Waals surface area contributed by atoms with Crippen molar-refractivity contribution >= 4 is 29.1 Å². The average Bonchev–Trinajstić information content (AvgIpc) is 3.26. The van der Waals surface area contributed by atoms with E-state index in [0.717, 1.165) is 32.1 Å². The van der Waals surface area contributed by atoms with Gasteiger partial charge in [0, 0.05) is 11.6 Å². The van der Waals surface area contributed by atoms with Gasteiger partial charge in [-0.2, -0.15) is 0 Å². The van der Waals surface area contributed by atoms with E-state index in [9.17, 15) is 18.8 Å². The van der Waals surface area contributed by atoms with Crippen molar-refractivity contribution in [3.63, 3.8) is 0 Å². The minimum absolute atomic E-state index is 0.0217. The zero-order chi connectivity index (χ0) is 20.8. The Labute approximate surface area is 168 Å². The molecule has 1 aromatic heterocycles. The van der Waals surface area contributed by atoms with Crippen molar-refractivity contribution in [2.75, 3.05) is 10.6 Å². The van der Waals surface area contributed by atoms with Gasteiger partial charge in [-0.25, -0.2) is 4.39 Å². The first-order chi connectivity index (χ1) is 13.9. The zero-order valence-corrected chi connectivity index (χ0v) is 16.2. The molecule has 1 aliphatic rings. The molecule has 1 aliphatic carbocycles. The SMILES string of the molecule is CC(NC(=O)c1ccoc1)C(=O)Nc1ccc(F)c(NC(=O)C2CCCCC2)c1. The standard InChI is InChI=1S/C21H24FN3O4/c1-13(23-21(28)15-9-10-29-12-15)19(26)24-16-7-8-17(22)18(11-16)25-20(27)14-5-3-2-4-6-14/h7-14H,2-6H2,1H3,(H,23,28)(H,24,26)(H,25,27). The van der Waals surface area contributed by atoms with Gasteiger partial charge in [0.05, 0.1) is 17.5 Å². The molecule has 0 spiro atoms. The average molecular weight is 401 g/mol. The van der Waals surface area contributed by atoms with Crippen LogP contribution in [0.2, 0.25) is 0 Å². The van der Waals surface area contributed by atoms with Crippen LogP contribution in [0.15, 0.2) is 41.2 Å². The molecule has 0 saturated heterocycles. The fourth-order valence-corrected chi connectivity index (χ4v) is 3.29. The number of hydrogen-bond acceptors (Lipinski definition) is 4. The molecule has 1 atom stereocenters. The van der Waals surface area contributed by atoms with Crippen LogP contribution in [0.3, 0.4) is 0 Å². The van der Waals surface area contributed by atoms with E-state index in [1.54, 1.807) is 0 Å². The second kappa shape index (κ2) is 9.36. The van der Waals surface area contributed by atoms with Crippen molar-refractivity contribution in [1.29, 1.82) is 0 Å². The molecule has 29 heavy (non-hydrogen) atoms. The number of halogens is 1. The number of hydrogen-bond donors (Lipinski definition) is 3. The third kappa shape index (κ3) is 5.43. The topological polar surface area (TPSA) is 100 Å². The van der Waals surface area contributed by atoms with Crippen LogP contribution in [0.25, 0.3) is 0 Å². The molecular formula is C21H24FN3O4. The van der Waals surface area contributed by atoms with Crippen LogP contribution in [-0.2, 0) is 9.59 Å². The van der Waals surface area contributed by atoms with E-state index < -0.39 is 23.7 Å². The fraction of sp³-hybridized carbons (Fsp3) is 0.381. The molecule has 1 fully saturated rings. The summed E-state index contributed by atoms with van der Waals surface area (Å²) in [5, 5.41) is 7.79. The number of nitrogens with one attached hydrogen (secondary N) is 3. The molecule has 8 heteroatoms. The molecule has 0 aliphatic heterocycles. The van der Waals surface area contributed by atoms with Crippen molar-refractivity contribution in [3.05, 3.63) is 48.2 Å². The maximum Gasteiger partial charge on any atom is 0.255 e. The van der Waals surface area contributed by atoms with Crippen molar-refractivity contribution in [3.8, 4) is 0 Å². The third-order valence-electron chi connectivity index (χ3n) is 4.99. The van der Waals surface area contributed by atoms with Gasteiger partial charge in [-0.3, -0.25) is 14.4 Å². The van der Waals surface area contributed by atoms with E-state index in [0.29, 0.717) is 11.3 Å². The van der Waals surface area contributed by atoms with Crippen LogP contribution < -0.4 is 16.0 Å². The lowest BCUT2D eigenvalue weighted by Gasteiger charge is -2.21. The van der Waals surface area contributed by atoms with Crippen LogP contribution in [0, 0.1) is 11.7 Å². The Hall–Kier alpha value is -3.16. The molecule has 154 valence electrons. The van der Waals surface area contributed by atoms with E-state index >= 15 is 0 Å². The number of amides is 3. The van der Waals surface area contributed by atoms with Gasteiger partial charge in [0.1, 0.15) is 18.1 Å². The van der Waals surface area contributed by atoms with E-state index in [4.69, 9.17) is 4.42 Å².